The third-order valence-electron chi connectivity index (χ3n) is 2.60. The first-order valence-electron chi connectivity index (χ1n) is 4.96. The smallest absolute Gasteiger partial charge is 0.0912 e. The molecule has 78 valence electrons. The molecule has 0 saturated heterocycles. The molecule has 1 heterocycles. The zero-order valence-electron chi connectivity index (χ0n) is 8.64. The van der Waals surface area contributed by atoms with Gasteiger partial charge in [-0.1, -0.05) is 12.1 Å². The maximum Gasteiger partial charge on any atom is 0.0912 e. The second-order valence-corrected chi connectivity index (χ2v) is 3.63. The van der Waals surface area contributed by atoms with Gasteiger partial charge in [-0.3, -0.25) is 4.98 Å². The number of pyridine rings is 1. The Bertz CT molecular complexity index is 482. The van der Waals surface area contributed by atoms with Crippen LogP contribution in [0.4, 0.5) is 0 Å². The van der Waals surface area contributed by atoms with E-state index in [2.05, 4.69) is 4.98 Å². The summed E-state index contributed by atoms with van der Waals surface area (Å²) in [6, 6.07) is 7.77. The summed E-state index contributed by atoms with van der Waals surface area (Å²) in [5.41, 5.74) is 7.27. The molecule has 1 aromatic heterocycles. The van der Waals surface area contributed by atoms with Crippen LogP contribution in [0.1, 0.15) is 17.4 Å². The topological polar surface area (TPSA) is 59.1 Å². The number of aliphatic hydroxyl groups is 1. The van der Waals surface area contributed by atoms with Crippen LogP contribution in [0.2, 0.25) is 0 Å². The number of aliphatic hydroxyl groups excluding tert-OH is 1. The molecule has 0 bridgehead atoms. The van der Waals surface area contributed by atoms with E-state index in [-0.39, 0.29) is 6.54 Å². The van der Waals surface area contributed by atoms with E-state index in [0.717, 1.165) is 22.0 Å². The SMILES string of the molecule is Cc1nccc2cc(C(O)CN)ccc12. The van der Waals surface area contributed by atoms with Crippen LogP contribution in [0.25, 0.3) is 10.8 Å². The van der Waals surface area contributed by atoms with Crippen molar-refractivity contribution in [1.29, 1.82) is 0 Å². The van der Waals surface area contributed by atoms with Crippen LogP contribution in [0, 0.1) is 6.92 Å². The molecule has 0 fully saturated rings. The Morgan fingerprint density at radius 3 is 2.93 bits per heavy atom. The van der Waals surface area contributed by atoms with Crippen LogP contribution >= 0.6 is 0 Å². The molecule has 0 aliphatic heterocycles. The van der Waals surface area contributed by atoms with Crippen molar-refractivity contribution in [1.82, 2.24) is 4.98 Å². The van der Waals surface area contributed by atoms with E-state index in [9.17, 15) is 5.11 Å². The molecule has 0 amide bonds. The maximum atomic E-state index is 9.62. The molecule has 2 rings (SSSR count). The Hall–Kier alpha value is -1.45. The summed E-state index contributed by atoms with van der Waals surface area (Å²) in [7, 11) is 0. The van der Waals surface area contributed by atoms with Gasteiger partial charge in [0, 0.05) is 23.8 Å². The van der Waals surface area contributed by atoms with Crippen molar-refractivity contribution in [3.05, 3.63) is 41.7 Å². The highest BCUT2D eigenvalue weighted by Crippen LogP contribution is 2.21. The fourth-order valence-corrected chi connectivity index (χ4v) is 1.69. The number of rotatable bonds is 2. The minimum absolute atomic E-state index is 0.246. The van der Waals surface area contributed by atoms with E-state index in [0.29, 0.717) is 0 Å². The van der Waals surface area contributed by atoms with Crippen molar-refractivity contribution in [2.24, 2.45) is 5.73 Å². The number of aromatic nitrogens is 1. The summed E-state index contributed by atoms with van der Waals surface area (Å²) in [5.74, 6) is 0. The highest BCUT2D eigenvalue weighted by Gasteiger charge is 2.06. The molecule has 3 heteroatoms. The predicted octanol–water partition coefficient (Wildman–Crippen LogP) is 1.54. The molecule has 15 heavy (non-hydrogen) atoms. The Morgan fingerprint density at radius 2 is 2.20 bits per heavy atom. The molecule has 2 aromatic rings. The molecular weight excluding hydrogens is 188 g/mol. The van der Waals surface area contributed by atoms with Gasteiger partial charge in [0.2, 0.25) is 0 Å². The summed E-state index contributed by atoms with van der Waals surface area (Å²) in [6.07, 6.45) is 1.19. The zero-order chi connectivity index (χ0) is 10.8. The van der Waals surface area contributed by atoms with Crippen LogP contribution in [0.3, 0.4) is 0 Å². The van der Waals surface area contributed by atoms with Gasteiger partial charge in [0.05, 0.1) is 6.10 Å². The summed E-state index contributed by atoms with van der Waals surface area (Å²) in [6.45, 7) is 2.22. The molecule has 1 atom stereocenters. The van der Waals surface area contributed by atoms with Crippen molar-refractivity contribution < 1.29 is 5.11 Å². The first-order chi connectivity index (χ1) is 7.22. The Balaban J connectivity index is 2.57. The van der Waals surface area contributed by atoms with E-state index in [4.69, 9.17) is 5.73 Å². The maximum absolute atomic E-state index is 9.62. The fourth-order valence-electron chi connectivity index (χ4n) is 1.69. The number of nitrogens with zero attached hydrogens (tertiary/aromatic N) is 1. The van der Waals surface area contributed by atoms with Gasteiger partial charge in [0.15, 0.2) is 0 Å². The number of hydrogen-bond donors (Lipinski definition) is 2. The highest BCUT2D eigenvalue weighted by atomic mass is 16.3. The van der Waals surface area contributed by atoms with Crippen LogP contribution in [0.5, 0.6) is 0 Å². The minimum atomic E-state index is -0.581. The number of aryl methyl sites for hydroxylation is 1. The third kappa shape index (κ3) is 1.84. The van der Waals surface area contributed by atoms with Gasteiger partial charge in [-0.25, -0.2) is 0 Å². The van der Waals surface area contributed by atoms with Crippen LogP contribution in [-0.2, 0) is 0 Å². The van der Waals surface area contributed by atoms with Gasteiger partial charge in [-0.15, -0.1) is 0 Å². The Kier molecular flexibility index (Phi) is 2.66. The van der Waals surface area contributed by atoms with Crippen LogP contribution < -0.4 is 5.73 Å². The lowest BCUT2D eigenvalue weighted by molar-refractivity contribution is 0.187. The van der Waals surface area contributed by atoms with Crippen LogP contribution in [-0.4, -0.2) is 16.6 Å². The largest absolute Gasteiger partial charge is 0.387 e. The molecule has 0 radical (unpaired) electrons. The van der Waals surface area contributed by atoms with Crippen molar-refractivity contribution >= 4 is 10.8 Å². The Morgan fingerprint density at radius 1 is 1.40 bits per heavy atom. The average Bonchev–Trinajstić information content (AvgIpc) is 2.28. The summed E-state index contributed by atoms with van der Waals surface area (Å²) in [4.78, 5) is 4.21. The molecule has 3 nitrogen and oxygen atoms in total. The van der Waals surface area contributed by atoms with E-state index < -0.39 is 6.10 Å². The lowest BCUT2D eigenvalue weighted by Crippen LogP contribution is -2.11. The number of benzene rings is 1. The molecule has 3 N–H and O–H groups in total. The van der Waals surface area contributed by atoms with Crippen molar-refractivity contribution in [3.8, 4) is 0 Å². The number of fused-ring (bicyclic) bond motifs is 1. The van der Waals surface area contributed by atoms with Crippen LogP contribution in [0.15, 0.2) is 30.5 Å². The molecule has 1 unspecified atom stereocenters. The fraction of sp³-hybridized carbons (Fsp3) is 0.250. The molecule has 1 aromatic carbocycles. The minimum Gasteiger partial charge on any atom is -0.387 e. The summed E-state index contributed by atoms with van der Waals surface area (Å²) < 4.78 is 0. The van der Waals surface area contributed by atoms with Gasteiger partial charge >= 0.3 is 0 Å². The van der Waals surface area contributed by atoms with Crippen molar-refractivity contribution in [2.45, 2.75) is 13.0 Å². The first-order valence-corrected chi connectivity index (χ1v) is 4.96. The quantitative estimate of drug-likeness (QED) is 0.776. The normalized spacial score (nSPS) is 13.0. The number of hydrogen-bond acceptors (Lipinski definition) is 3. The monoisotopic (exact) mass is 202 g/mol. The summed E-state index contributed by atoms with van der Waals surface area (Å²) >= 11 is 0. The lowest BCUT2D eigenvalue weighted by atomic mass is 10.0. The summed E-state index contributed by atoms with van der Waals surface area (Å²) in [5, 5.41) is 11.8. The van der Waals surface area contributed by atoms with Crippen molar-refractivity contribution in [2.75, 3.05) is 6.54 Å². The lowest BCUT2D eigenvalue weighted by Gasteiger charge is -2.09. The molecule has 0 saturated carbocycles. The second kappa shape index (κ2) is 3.96. The molecule has 0 spiro atoms. The van der Waals surface area contributed by atoms with Crippen molar-refractivity contribution in [3.63, 3.8) is 0 Å². The Labute approximate surface area is 88.6 Å². The third-order valence-corrected chi connectivity index (χ3v) is 2.60. The molecule has 0 aliphatic rings. The van der Waals surface area contributed by atoms with E-state index in [1.165, 1.54) is 0 Å². The standard InChI is InChI=1S/C12H14N2O/c1-8-11-3-2-10(12(15)7-13)6-9(11)4-5-14-8/h2-6,12,15H,7,13H2,1H3. The molecular formula is C12H14N2O. The zero-order valence-corrected chi connectivity index (χ0v) is 8.64. The second-order valence-electron chi connectivity index (χ2n) is 3.63. The molecule has 0 aliphatic carbocycles. The average molecular weight is 202 g/mol. The first kappa shape index (κ1) is 10.1. The van der Waals surface area contributed by atoms with Gasteiger partial charge in [-0.05, 0) is 30.0 Å². The van der Waals surface area contributed by atoms with Gasteiger partial charge in [0.1, 0.15) is 0 Å². The number of nitrogens with two attached hydrogens (primary N) is 1. The van der Waals surface area contributed by atoms with E-state index in [1.807, 2.05) is 31.2 Å². The van der Waals surface area contributed by atoms with Gasteiger partial charge < -0.3 is 10.8 Å². The highest BCUT2D eigenvalue weighted by molar-refractivity contribution is 5.84. The van der Waals surface area contributed by atoms with E-state index in [1.54, 1.807) is 6.20 Å². The van der Waals surface area contributed by atoms with Gasteiger partial charge in [0.25, 0.3) is 0 Å². The van der Waals surface area contributed by atoms with Gasteiger partial charge in [-0.2, -0.15) is 0 Å². The predicted molar refractivity (Wildman–Crippen MR) is 60.5 cm³/mol. The van der Waals surface area contributed by atoms with E-state index >= 15 is 0 Å².